The van der Waals surface area contributed by atoms with Gasteiger partial charge in [0.15, 0.2) is 0 Å². The van der Waals surface area contributed by atoms with Gasteiger partial charge in [0.05, 0.1) is 6.42 Å². The van der Waals surface area contributed by atoms with Gasteiger partial charge in [-0.3, -0.25) is 24.5 Å². The van der Waals surface area contributed by atoms with E-state index in [0.29, 0.717) is 4.88 Å². The molecule has 2 N–H and O–H groups in total. The number of esters is 1. The van der Waals surface area contributed by atoms with Crippen LogP contribution in [0.2, 0.25) is 0 Å². The van der Waals surface area contributed by atoms with Crippen molar-refractivity contribution in [1.29, 1.82) is 0 Å². The molecule has 0 spiro atoms. The number of amides is 1. The Morgan fingerprint density at radius 2 is 2.13 bits per heavy atom. The number of nitro groups is 1. The normalized spacial score (nSPS) is 27.2. The molecule has 1 aliphatic heterocycles. The molecule has 1 aromatic rings. The SMILES string of the molecule is CO[C@@]1(NC(=O)Cc2cccs2)C(=O)C2([N+](=O)[O-])C(C(=O)O)=C(COC(C)=O)CS[C@H]21. The van der Waals surface area contributed by atoms with Crippen LogP contribution in [-0.2, 0) is 35.1 Å². The zero-order chi connectivity index (χ0) is 23.0. The van der Waals surface area contributed by atoms with Crippen molar-refractivity contribution >= 4 is 46.7 Å². The third-order valence-electron chi connectivity index (χ3n) is 5.10. The van der Waals surface area contributed by atoms with E-state index >= 15 is 0 Å². The topological polar surface area (TPSA) is 162 Å². The zero-order valence-corrected chi connectivity index (χ0v) is 18.0. The Labute approximate surface area is 183 Å². The third-order valence-corrected chi connectivity index (χ3v) is 7.50. The molecule has 1 aromatic heterocycles. The maximum absolute atomic E-state index is 13.3. The van der Waals surface area contributed by atoms with Crippen LogP contribution in [-0.4, -0.2) is 69.6 Å². The molecule has 2 heterocycles. The minimum Gasteiger partial charge on any atom is -0.478 e. The highest BCUT2D eigenvalue weighted by Crippen LogP contribution is 2.55. The van der Waals surface area contributed by atoms with Gasteiger partial charge in [0.1, 0.15) is 17.4 Å². The number of ether oxygens (including phenoxy) is 2. The maximum atomic E-state index is 13.3. The largest absolute Gasteiger partial charge is 0.478 e. The highest BCUT2D eigenvalue weighted by Gasteiger charge is 2.85. The minimum absolute atomic E-state index is 0.0522. The van der Waals surface area contributed by atoms with Crippen molar-refractivity contribution < 1.29 is 38.7 Å². The van der Waals surface area contributed by atoms with Crippen molar-refractivity contribution in [3.63, 3.8) is 0 Å². The van der Waals surface area contributed by atoms with Crippen LogP contribution in [0.15, 0.2) is 28.7 Å². The standard InChI is InChI=1S/C18H18N2O9S2/c1-9(21)29-7-10-8-31-16-17(20(26)27,13(10)14(23)24)15(25)18(16,28-2)19-12(22)6-11-4-3-5-30-11/h3-5,16H,6-8H2,1-2H3,(H,19,22)(H,23,24)/t16-,17?,18+/m1/s1. The highest BCUT2D eigenvalue weighted by atomic mass is 32.2. The van der Waals surface area contributed by atoms with Crippen LogP contribution in [0.25, 0.3) is 0 Å². The van der Waals surface area contributed by atoms with Gasteiger partial charge >= 0.3 is 17.5 Å². The van der Waals surface area contributed by atoms with E-state index in [1.165, 1.54) is 11.3 Å². The average molecular weight is 470 g/mol. The van der Waals surface area contributed by atoms with Crippen molar-refractivity contribution in [3.8, 4) is 0 Å². The molecule has 1 amide bonds. The van der Waals surface area contributed by atoms with Gasteiger partial charge in [0.25, 0.3) is 5.78 Å². The van der Waals surface area contributed by atoms with Gasteiger partial charge in [-0.05, 0) is 17.0 Å². The van der Waals surface area contributed by atoms with E-state index in [1.807, 2.05) is 0 Å². The van der Waals surface area contributed by atoms with Gasteiger partial charge in [0, 0.05) is 29.6 Å². The summed E-state index contributed by atoms with van der Waals surface area (Å²) in [5.74, 6) is -4.23. The van der Waals surface area contributed by atoms with Gasteiger partial charge in [-0.15, -0.1) is 23.1 Å². The number of carbonyl (C=O) groups excluding carboxylic acids is 3. The van der Waals surface area contributed by atoms with E-state index in [0.717, 1.165) is 25.8 Å². The lowest BCUT2D eigenvalue weighted by molar-refractivity contribution is -0.555. The molecule has 2 aliphatic rings. The Kier molecular flexibility index (Phi) is 6.21. The quantitative estimate of drug-likeness (QED) is 0.235. The fourth-order valence-corrected chi connectivity index (χ4v) is 6.18. The van der Waals surface area contributed by atoms with E-state index in [2.05, 4.69) is 5.32 Å². The summed E-state index contributed by atoms with van der Waals surface area (Å²) >= 11 is 2.22. The van der Waals surface area contributed by atoms with Gasteiger partial charge in [-0.1, -0.05) is 6.07 Å². The Hall–Kier alpha value is -2.77. The second kappa shape index (κ2) is 8.40. The summed E-state index contributed by atoms with van der Waals surface area (Å²) in [5.41, 5.74) is -5.51. The lowest BCUT2D eigenvalue weighted by Crippen LogP contribution is -2.87. The van der Waals surface area contributed by atoms with Crippen LogP contribution in [0.3, 0.4) is 0 Å². The predicted molar refractivity (Wildman–Crippen MR) is 108 cm³/mol. The molecule has 13 heteroatoms. The third kappa shape index (κ3) is 3.51. The molecule has 0 aromatic carbocycles. The number of fused-ring (bicyclic) bond motifs is 1. The lowest BCUT2D eigenvalue weighted by Gasteiger charge is -2.54. The molecule has 1 fully saturated rings. The fourth-order valence-electron chi connectivity index (χ4n) is 3.83. The first kappa shape index (κ1) is 22.9. The number of carbonyl (C=O) groups is 4. The number of nitrogens with one attached hydrogen (secondary N) is 1. The first-order chi connectivity index (χ1) is 14.6. The predicted octanol–water partition coefficient (Wildman–Crippen LogP) is 0.407. The first-order valence-electron chi connectivity index (χ1n) is 8.90. The number of thioether (sulfide) groups is 1. The molecule has 3 rings (SSSR count). The van der Waals surface area contributed by atoms with Crippen molar-refractivity contribution in [2.45, 2.75) is 29.9 Å². The average Bonchev–Trinajstić information content (AvgIpc) is 3.21. The van der Waals surface area contributed by atoms with Crippen LogP contribution in [0.1, 0.15) is 11.8 Å². The van der Waals surface area contributed by atoms with Crippen LogP contribution >= 0.6 is 23.1 Å². The van der Waals surface area contributed by atoms with Crippen molar-refractivity contribution in [3.05, 3.63) is 43.7 Å². The molecule has 3 atom stereocenters. The van der Waals surface area contributed by atoms with Crippen LogP contribution in [0, 0.1) is 10.1 Å². The van der Waals surface area contributed by atoms with Crippen molar-refractivity contribution in [2.75, 3.05) is 19.5 Å². The fraction of sp³-hybridized carbons (Fsp3) is 0.444. The van der Waals surface area contributed by atoms with Crippen LogP contribution in [0.4, 0.5) is 0 Å². The van der Waals surface area contributed by atoms with Crippen molar-refractivity contribution in [2.24, 2.45) is 0 Å². The second-order valence-corrected chi connectivity index (χ2v) is 8.98. The number of Topliss-reactive ketones (excluding diaryl/α,β-unsaturated/α-hetero) is 1. The van der Waals surface area contributed by atoms with Gasteiger partial charge < -0.3 is 19.9 Å². The summed E-state index contributed by atoms with van der Waals surface area (Å²) < 4.78 is 10.1. The summed E-state index contributed by atoms with van der Waals surface area (Å²) in [6, 6.07) is 3.47. The number of hydrogen-bond donors (Lipinski definition) is 2. The number of thiophene rings is 1. The van der Waals surface area contributed by atoms with E-state index in [4.69, 9.17) is 9.47 Å². The van der Waals surface area contributed by atoms with E-state index in [-0.39, 0.29) is 17.7 Å². The molecule has 1 saturated carbocycles. The molecule has 1 aliphatic carbocycles. The summed E-state index contributed by atoms with van der Waals surface area (Å²) in [6.45, 7) is 0.612. The van der Waals surface area contributed by atoms with E-state index in [9.17, 15) is 34.4 Å². The molecule has 0 bridgehead atoms. The van der Waals surface area contributed by atoms with Crippen molar-refractivity contribution in [1.82, 2.24) is 5.32 Å². The molecular formula is C18H18N2O9S2. The van der Waals surface area contributed by atoms with E-state index < -0.39 is 57.2 Å². The number of ketones is 1. The Morgan fingerprint density at radius 3 is 2.65 bits per heavy atom. The lowest BCUT2D eigenvalue weighted by atomic mass is 9.62. The molecule has 0 saturated heterocycles. The number of rotatable bonds is 8. The number of aliphatic carboxylic acids is 1. The smallest absolute Gasteiger partial charge is 0.339 e. The van der Waals surface area contributed by atoms with E-state index in [1.54, 1.807) is 17.5 Å². The summed E-state index contributed by atoms with van der Waals surface area (Å²) in [6.07, 6.45) is -0.0712. The van der Waals surface area contributed by atoms with Crippen LogP contribution < -0.4 is 5.32 Å². The summed E-state index contributed by atoms with van der Waals surface area (Å²) in [5, 5.41) is 24.7. The Balaban J connectivity index is 2.00. The Morgan fingerprint density at radius 1 is 1.42 bits per heavy atom. The minimum atomic E-state index is -2.64. The number of carboxylic acid groups (broad SMARTS) is 1. The molecule has 0 radical (unpaired) electrons. The number of carboxylic acids is 1. The monoisotopic (exact) mass is 470 g/mol. The Bertz CT molecular complexity index is 990. The summed E-state index contributed by atoms with van der Waals surface area (Å²) in [4.78, 5) is 60.7. The summed E-state index contributed by atoms with van der Waals surface area (Å²) in [7, 11) is 1.12. The number of methoxy groups -OCH3 is 1. The molecule has 166 valence electrons. The van der Waals surface area contributed by atoms with Gasteiger partial charge in [-0.2, -0.15) is 0 Å². The van der Waals surface area contributed by atoms with Gasteiger partial charge in [0.2, 0.25) is 11.6 Å². The highest BCUT2D eigenvalue weighted by molar-refractivity contribution is 8.00. The zero-order valence-electron chi connectivity index (χ0n) is 16.4. The number of hydrogen-bond acceptors (Lipinski definition) is 10. The second-order valence-electron chi connectivity index (χ2n) is 6.85. The van der Waals surface area contributed by atoms with Crippen LogP contribution in [0.5, 0.6) is 0 Å². The molecule has 31 heavy (non-hydrogen) atoms. The maximum Gasteiger partial charge on any atom is 0.339 e. The molecule has 11 nitrogen and oxygen atoms in total. The number of nitrogens with zero attached hydrogens (tertiary/aromatic N) is 1. The molecular weight excluding hydrogens is 452 g/mol. The van der Waals surface area contributed by atoms with Gasteiger partial charge in [-0.25, -0.2) is 4.79 Å². The first-order valence-corrected chi connectivity index (χ1v) is 10.8. The molecule has 1 unspecified atom stereocenters.